The molecule has 21 heavy (non-hydrogen) atoms. The summed E-state index contributed by atoms with van der Waals surface area (Å²) in [6, 6.07) is 12.8. The molecule has 0 heterocycles. The summed E-state index contributed by atoms with van der Waals surface area (Å²) in [6.07, 6.45) is 0. The average molecular weight is 349 g/mol. The molecule has 2 aromatic rings. The second-order valence-electron chi connectivity index (χ2n) is 4.67. The number of carbonyl (C=O) groups is 1. The molecule has 0 saturated heterocycles. The Bertz CT molecular complexity index is 641. The lowest BCUT2D eigenvalue weighted by molar-refractivity contribution is 0.0937. The molecular formula is C16H17BrN2O2. The van der Waals surface area contributed by atoms with E-state index in [0.717, 1.165) is 10.0 Å². The van der Waals surface area contributed by atoms with E-state index in [1.54, 1.807) is 18.2 Å². The molecule has 4 nitrogen and oxygen atoms in total. The second kappa shape index (κ2) is 6.63. The van der Waals surface area contributed by atoms with Crippen molar-refractivity contribution in [2.75, 3.05) is 12.8 Å². The van der Waals surface area contributed by atoms with Gasteiger partial charge in [-0.3, -0.25) is 4.79 Å². The summed E-state index contributed by atoms with van der Waals surface area (Å²) in [5.41, 5.74) is 7.72. The van der Waals surface area contributed by atoms with Gasteiger partial charge in [-0.1, -0.05) is 34.1 Å². The number of benzene rings is 2. The largest absolute Gasteiger partial charge is 0.494 e. The average Bonchev–Trinajstić information content (AvgIpc) is 2.47. The minimum Gasteiger partial charge on any atom is -0.494 e. The van der Waals surface area contributed by atoms with E-state index >= 15 is 0 Å². The number of anilines is 1. The summed E-state index contributed by atoms with van der Waals surface area (Å²) in [4.78, 5) is 12.4. The molecule has 0 fully saturated rings. The van der Waals surface area contributed by atoms with Crippen molar-refractivity contribution in [2.45, 2.75) is 13.0 Å². The number of para-hydroxylation sites is 1. The molecule has 0 aliphatic carbocycles. The molecule has 3 N–H and O–H groups in total. The Morgan fingerprint density at radius 2 is 1.90 bits per heavy atom. The monoisotopic (exact) mass is 348 g/mol. The first-order valence-corrected chi connectivity index (χ1v) is 7.31. The molecule has 1 amide bonds. The van der Waals surface area contributed by atoms with E-state index < -0.39 is 0 Å². The standard InChI is InChI=1S/C16H17BrN2O2/c1-10(11-6-8-12(17)9-7-11)19-16(20)13-4-3-5-14(18)15(13)21-2/h3-10H,18H2,1-2H3,(H,19,20)/t10-/m0/s1. The van der Waals surface area contributed by atoms with Crippen LogP contribution in [0.15, 0.2) is 46.9 Å². The summed E-state index contributed by atoms with van der Waals surface area (Å²) >= 11 is 3.39. The molecule has 2 aromatic carbocycles. The Kier molecular flexibility index (Phi) is 4.85. The van der Waals surface area contributed by atoms with E-state index in [-0.39, 0.29) is 11.9 Å². The highest BCUT2D eigenvalue weighted by atomic mass is 79.9. The van der Waals surface area contributed by atoms with Crippen LogP contribution in [0.4, 0.5) is 5.69 Å². The first-order chi connectivity index (χ1) is 10.0. The van der Waals surface area contributed by atoms with Crippen molar-refractivity contribution in [3.63, 3.8) is 0 Å². The fraction of sp³-hybridized carbons (Fsp3) is 0.188. The molecular weight excluding hydrogens is 332 g/mol. The van der Waals surface area contributed by atoms with E-state index in [0.29, 0.717) is 17.0 Å². The van der Waals surface area contributed by atoms with Gasteiger partial charge in [0.05, 0.1) is 24.4 Å². The van der Waals surface area contributed by atoms with Crippen LogP contribution in [-0.2, 0) is 0 Å². The summed E-state index contributed by atoms with van der Waals surface area (Å²) in [6.45, 7) is 1.93. The minimum atomic E-state index is -0.213. The molecule has 2 rings (SSSR count). The van der Waals surface area contributed by atoms with E-state index in [2.05, 4.69) is 21.2 Å². The lowest BCUT2D eigenvalue weighted by Crippen LogP contribution is -2.27. The zero-order valence-electron chi connectivity index (χ0n) is 11.9. The van der Waals surface area contributed by atoms with Gasteiger partial charge in [-0.2, -0.15) is 0 Å². The molecule has 0 saturated carbocycles. The Hall–Kier alpha value is -2.01. The number of ether oxygens (including phenoxy) is 1. The summed E-state index contributed by atoms with van der Waals surface area (Å²) in [5, 5.41) is 2.94. The van der Waals surface area contributed by atoms with Gasteiger partial charge >= 0.3 is 0 Å². The van der Waals surface area contributed by atoms with Crippen molar-refractivity contribution in [1.29, 1.82) is 0 Å². The number of rotatable bonds is 4. The first kappa shape index (κ1) is 15.4. The number of amides is 1. The van der Waals surface area contributed by atoms with Gasteiger partial charge in [-0.25, -0.2) is 0 Å². The maximum Gasteiger partial charge on any atom is 0.255 e. The van der Waals surface area contributed by atoms with Gasteiger partial charge in [0.25, 0.3) is 5.91 Å². The number of hydrogen-bond acceptors (Lipinski definition) is 3. The third-order valence-corrected chi connectivity index (χ3v) is 3.74. The number of nitrogen functional groups attached to an aromatic ring is 1. The zero-order valence-corrected chi connectivity index (χ0v) is 13.5. The number of nitrogens with two attached hydrogens (primary N) is 1. The normalized spacial score (nSPS) is 11.8. The fourth-order valence-electron chi connectivity index (χ4n) is 2.07. The smallest absolute Gasteiger partial charge is 0.255 e. The third-order valence-electron chi connectivity index (χ3n) is 3.21. The van der Waals surface area contributed by atoms with Crippen molar-refractivity contribution in [3.05, 3.63) is 58.1 Å². The number of carbonyl (C=O) groups excluding carboxylic acids is 1. The van der Waals surface area contributed by atoms with Crippen LogP contribution in [0.5, 0.6) is 5.75 Å². The molecule has 110 valence electrons. The van der Waals surface area contributed by atoms with Crippen LogP contribution >= 0.6 is 15.9 Å². The maximum absolute atomic E-state index is 12.4. The predicted octanol–water partition coefficient (Wildman–Crippen LogP) is 3.53. The predicted molar refractivity (Wildman–Crippen MR) is 87.4 cm³/mol. The molecule has 0 aliphatic heterocycles. The maximum atomic E-state index is 12.4. The SMILES string of the molecule is COc1c(N)cccc1C(=O)N[C@@H](C)c1ccc(Br)cc1. The molecule has 0 radical (unpaired) electrons. The van der Waals surface area contributed by atoms with Gasteiger partial charge in [0.2, 0.25) is 0 Å². The lowest BCUT2D eigenvalue weighted by atomic mass is 10.1. The van der Waals surface area contributed by atoms with E-state index in [9.17, 15) is 4.79 Å². The zero-order chi connectivity index (χ0) is 15.4. The summed E-state index contributed by atoms with van der Waals surface area (Å²) < 4.78 is 6.21. The van der Waals surface area contributed by atoms with Crippen LogP contribution in [0.25, 0.3) is 0 Å². The summed E-state index contributed by atoms with van der Waals surface area (Å²) in [7, 11) is 1.50. The third kappa shape index (κ3) is 3.55. The molecule has 0 aliphatic rings. The first-order valence-electron chi connectivity index (χ1n) is 6.51. The number of hydrogen-bond donors (Lipinski definition) is 2. The quantitative estimate of drug-likeness (QED) is 0.830. The number of nitrogens with one attached hydrogen (secondary N) is 1. The van der Waals surface area contributed by atoms with E-state index in [1.807, 2.05) is 31.2 Å². The molecule has 0 aromatic heterocycles. The van der Waals surface area contributed by atoms with Crippen molar-refractivity contribution in [3.8, 4) is 5.75 Å². The van der Waals surface area contributed by atoms with E-state index in [4.69, 9.17) is 10.5 Å². The Balaban J connectivity index is 2.18. The van der Waals surface area contributed by atoms with Crippen molar-refractivity contribution < 1.29 is 9.53 Å². The Morgan fingerprint density at radius 1 is 1.24 bits per heavy atom. The fourth-order valence-corrected chi connectivity index (χ4v) is 2.34. The molecule has 0 unspecified atom stereocenters. The van der Waals surface area contributed by atoms with Crippen molar-refractivity contribution in [1.82, 2.24) is 5.32 Å². The van der Waals surface area contributed by atoms with Gasteiger partial charge in [0.15, 0.2) is 5.75 Å². The highest BCUT2D eigenvalue weighted by Gasteiger charge is 2.17. The van der Waals surface area contributed by atoms with Crippen molar-refractivity contribution >= 4 is 27.5 Å². The topological polar surface area (TPSA) is 64.3 Å². The van der Waals surface area contributed by atoms with Gasteiger partial charge in [-0.05, 0) is 36.8 Å². The molecule has 5 heteroatoms. The van der Waals surface area contributed by atoms with Crippen LogP contribution < -0.4 is 15.8 Å². The Morgan fingerprint density at radius 3 is 2.52 bits per heavy atom. The van der Waals surface area contributed by atoms with Crippen LogP contribution in [0.3, 0.4) is 0 Å². The second-order valence-corrected chi connectivity index (χ2v) is 5.59. The Labute approximate surface area is 132 Å². The summed E-state index contributed by atoms with van der Waals surface area (Å²) in [5.74, 6) is 0.188. The van der Waals surface area contributed by atoms with Crippen LogP contribution in [0.1, 0.15) is 28.9 Å². The van der Waals surface area contributed by atoms with Crippen LogP contribution in [0.2, 0.25) is 0 Å². The van der Waals surface area contributed by atoms with Gasteiger partial charge in [-0.15, -0.1) is 0 Å². The lowest BCUT2D eigenvalue weighted by Gasteiger charge is -2.16. The van der Waals surface area contributed by atoms with E-state index in [1.165, 1.54) is 7.11 Å². The van der Waals surface area contributed by atoms with Crippen molar-refractivity contribution in [2.24, 2.45) is 0 Å². The highest BCUT2D eigenvalue weighted by Crippen LogP contribution is 2.26. The highest BCUT2D eigenvalue weighted by molar-refractivity contribution is 9.10. The number of halogens is 1. The van der Waals surface area contributed by atoms with Crippen LogP contribution in [-0.4, -0.2) is 13.0 Å². The van der Waals surface area contributed by atoms with Gasteiger partial charge < -0.3 is 15.8 Å². The number of methoxy groups -OCH3 is 1. The molecule has 0 spiro atoms. The molecule has 0 bridgehead atoms. The minimum absolute atomic E-state index is 0.114. The van der Waals surface area contributed by atoms with Gasteiger partial charge in [0.1, 0.15) is 0 Å². The van der Waals surface area contributed by atoms with Crippen LogP contribution in [0, 0.1) is 0 Å². The molecule has 1 atom stereocenters. The van der Waals surface area contributed by atoms with Gasteiger partial charge in [0, 0.05) is 4.47 Å².